The molecule has 1 aliphatic heterocycles. The van der Waals surface area contributed by atoms with Crippen molar-refractivity contribution in [3.05, 3.63) is 34.4 Å². The summed E-state index contributed by atoms with van der Waals surface area (Å²) in [4.78, 5) is 26.3. The van der Waals surface area contributed by atoms with E-state index in [2.05, 4.69) is 0 Å². The van der Waals surface area contributed by atoms with Gasteiger partial charge in [0.1, 0.15) is 0 Å². The average Bonchev–Trinajstić information content (AvgIpc) is 2.73. The Bertz CT molecular complexity index is 708. The highest BCUT2D eigenvalue weighted by Gasteiger charge is 2.64. The standard InChI is InChI=1S/C20H26O4/c1-12-9-14(3)16(10-13(12)2)19(4)17(21)20(24-18(19)22)8-6-7-15(11-20)23-5/h9-10,15H,6-8,11H2,1-5H3. The van der Waals surface area contributed by atoms with Crippen LogP contribution in [0.2, 0.25) is 0 Å². The minimum Gasteiger partial charge on any atom is -0.450 e. The van der Waals surface area contributed by atoms with E-state index in [-0.39, 0.29) is 11.9 Å². The smallest absolute Gasteiger partial charge is 0.325 e. The monoisotopic (exact) mass is 330 g/mol. The van der Waals surface area contributed by atoms with Gasteiger partial charge >= 0.3 is 5.97 Å². The topological polar surface area (TPSA) is 52.6 Å². The van der Waals surface area contributed by atoms with Gasteiger partial charge in [-0.05, 0) is 69.2 Å². The molecule has 1 aromatic rings. The molecule has 0 bridgehead atoms. The van der Waals surface area contributed by atoms with E-state index < -0.39 is 17.0 Å². The number of hydrogen-bond acceptors (Lipinski definition) is 4. The number of benzene rings is 1. The van der Waals surface area contributed by atoms with Crippen LogP contribution in [0.3, 0.4) is 0 Å². The van der Waals surface area contributed by atoms with Gasteiger partial charge in [0.25, 0.3) is 0 Å². The number of ketones is 1. The number of aryl methyl sites for hydroxylation is 3. The van der Waals surface area contributed by atoms with Crippen molar-refractivity contribution in [3.63, 3.8) is 0 Å². The fourth-order valence-corrected chi connectivity index (χ4v) is 4.29. The Morgan fingerprint density at radius 3 is 2.46 bits per heavy atom. The quantitative estimate of drug-likeness (QED) is 0.616. The van der Waals surface area contributed by atoms with Crippen LogP contribution >= 0.6 is 0 Å². The normalized spacial score (nSPS) is 33.1. The molecule has 4 nitrogen and oxygen atoms in total. The first-order chi connectivity index (χ1) is 11.2. The van der Waals surface area contributed by atoms with Gasteiger partial charge in [-0.15, -0.1) is 0 Å². The van der Waals surface area contributed by atoms with Crippen molar-refractivity contribution in [1.82, 2.24) is 0 Å². The van der Waals surface area contributed by atoms with E-state index in [0.29, 0.717) is 12.8 Å². The zero-order chi connectivity index (χ0) is 17.7. The van der Waals surface area contributed by atoms with Gasteiger partial charge in [0.2, 0.25) is 0 Å². The summed E-state index contributed by atoms with van der Waals surface area (Å²) in [6.07, 6.45) is 2.77. The van der Waals surface area contributed by atoms with Crippen LogP contribution in [0.5, 0.6) is 0 Å². The molecule has 0 aromatic heterocycles. The highest BCUT2D eigenvalue weighted by Crippen LogP contribution is 2.47. The summed E-state index contributed by atoms with van der Waals surface area (Å²) in [7, 11) is 1.65. The highest BCUT2D eigenvalue weighted by atomic mass is 16.6. The van der Waals surface area contributed by atoms with E-state index in [9.17, 15) is 9.59 Å². The van der Waals surface area contributed by atoms with Gasteiger partial charge < -0.3 is 9.47 Å². The second-order valence-corrected chi connectivity index (χ2v) is 7.54. The predicted octanol–water partition coefficient (Wildman–Crippen LogP) is 3.32. The molecule has 3 unspecified atom stereocenters. The Kier molecular flexibility index (Phi) is 4.07. The van der Waals surface area contributed by atoms with Crippen molar-refractivity contribution < 1.29 is 19.1 Å². The summed E-state index contributed by atoms with van der Waals surface area (Å²) in [5.74, 6) is -0.524. The average molecular weight is 330 g/mol. The molecule has 2 aliphatic rings. The van der Waals surface area contributed by atoms with Crippen LogP contribution in [0, 0.1) is 20.8 Å². The predicted molar refractivity (Wildman–Crippen MR) is 91.1 cm³/mol. The number of Topliss-reactive ketones (excluding diaryl/α,β-unsaturated/α-hetero) is 1. The summed E-state index contributed by atoms with van der Waals surface area (Å²) in [6.45, 7) is 7.72. The molecule has 2 fully saturated rings. The lowest BCUT2D eigenvalue weighted by molar-refractivity contribution is -0.159. The lowest BCUT2D eigenvalue weighted by atomic mass is 9.69. The fraction of sp³-hybridized carbons (Fsp3) is 0.600. The SMILES string of the molecule is COC1CCCC2(C1)OC(=O)C(C)(c1cc(C)c(C)cc1C)C2=O. The van der Waals surface area contributed by atoms with Crippen LogP contribution in [0.25, 0.3) is 0 Å². The fourth-order valence-electron chi connectivity index (χ4n) is 4.29. The molecule has 3 rings (SSSR count). The lowest BCUT2D eigenvalue weighted by Gasteiger charge is -2.35. The third-order valence-electron chi connectivity index (χ3n) is 5.94. The van der Waals surface area contributed by atoms with Gasteiger partial charge in [0.15, 0.2) is 16.8 Å². The first-order valence-electron chi connectivity index (χ1n) is 8.64. The molecule has 24 heavy (non-hydrogen) atoms. The molecule has 1 heterocycles. The molecule has 1 aliphatic carbocycles. The molecule has 1 saturated heterocycles. The van der Waals surface area contributed by atoms with Crippen molar-refractivity contribution >= 4 is 11.8 Å². The molecular formula is C20H26O4. The van der Waals surface area contributed by atoms with Crippen molar-refractivity contribution in [2.45, 2.75) is 70.5 Å². The van der Waals surface area contributed by atoms with Crippen LogP contribution in [0.4, 0.5) is 0 Å². The van der Waals surface area contributed by atoms with E-state index in [0.717, 1.165) is 35.1 Å². The maximum absolute atomic E-state index is 13.4. The second-order valence-electron chi connectivity index (χ2n) is 7.54. The van der Waals surface area contributed by atoms with Gasteiger partial charge in [-0.3, -0.25) is 9.59 Å². The molecule has 130 valence electrons. The molecule has 1 spiro atoms. The van der Waals surface area contributed by atoms with Gasteiger partial charge in [-0.25, -0.2) is 0 Å². The van der Waals surface area contributed by atoms with Gasteiger partial charge in [-0.2, -0.15) is 0 Å². The minimum absolute atomic E-state index is 0.0290. The van der Waals surface area contributed by atoms with Gasteiger partial charge in [0, 0.05) is 13.5 Å². The summed E-state index contributed by atoms with van der Waals surface area (Å²) in [5, 5.41) is 0. The molecule has 3 atom stereocenters. The van der Waals surface area contributed by atoms with Crippen LogP contribution in [-0.4, -0.2) is 30.6 Å². The molecule has 1 saturated carbocycles. The second kappa shape index (κ2) is 5.69. The van der Waals surface area contributed by atoms with Crippen LogP contribution in [0.15, 0.2) is 12.1 Å². The summed E-state index contributed by atoms with van der Waals surface area (Å²) < 4.78 is 11.2. The largest absolute Gasteiger partial charge is 0.450 e. The van der Waals surface area contributed by atoms with Gasteiger partial charge in [0.05, 0.1) is 6.10 Å². The van der Waals surface area contributed by atoms with Gasteiger partial charge in [-0.1, -0.05) is 12.1 Å². The van der Waals surface area contributed by atoms with E-state index >= 15 is 0 Å². The minimum atomic E-state index is -1.22. The Labute approximate surface area is 143 Å². The Morgan fingerprint density at radius 2 is 1.79 bits per heavy atom. The molecule has 0 radical (unpaired) electrons. The van der Waals surface area contributed by atoms with E-state index in [1.807, 2.05) is 32.9 Å². The number of ether oxygens (including phenoxy) is 2. The Balaban J connectivity index is 2.07. The number of carbonyl (C=O) groups excluding carboxylic acids is 2. The zero-order valence-corrected chi connectivity index (χ0v) is 15.2. The maximum Gasteiger partial charge on any atom is 0.325 e. The number of esters is 1. The molecule has 4 heteroatoms. The summed E-state index contributed by atoms with van der Waals surface area (Å²) in [5.41, 5.74) is 1.73. The van der Waals surface area contributed by atoms with Crippen LogP contribution < -0.4 is 0 Å². The molecule has 1 aromatic carbocycles. The molecule has 0 N–H and O–H groups in total. The summed E-state index contributed by atoms with van der Waals surface area (Å²) >= 11 is 0. The number of rotatable bonds is 2. The van der Waals surface area contributed by atoms with Crippen molar-refractivity contribution in [1.29, 1.82) is 0 Å². The van der Waals surface area contributed by atoms with E-state index in [1.165, 1.54) is 0 Å². The Hall–Kier alpha value is -1.68. The van der Waals surface area contributed by atoms with Crippen molar-refractivity contribution in [3.8, 4) is 0 Å². The number of hydrogen-bond donors (Lipinski definition) is 0. The molecule has 0 amide bonds. The van der Waals surface area contributed by atoms with Crippen LogP contribution in [0.1, 0.15) is 54.9 Å². The van der Waals surface area contributed by atoms with Crippen molar-refractivity contribution in [2.75, 3.05) is 7.11 Å². The summed E-state index contributed by atoms with van der Waals surface area (Å²) in [6, 6.07) is 4.01. The lowest BCUT2D eigenvalue weighted by Crippen LogP contribution is -2.47. The van der Waals surface area contributed by atoms with E-state index in [1.54, 1.807) is 14.0 Å². The molecular weight excluding hydrogens is 304 g/mol. The highest BCUT2D eigenvalue weighted by molar-refractivity contribution is 6.18. The Morgan fingerprint density at radius 1 is 1.12 bits per heavy atom. The van der Waals surface area contributed by atoms with Crippen molar-refractivity contribution in [2.24, 2.45) is 0 Å². The number of carbonyl (C=O) groups is 2. The first kappa shape index (κ1) is 17.2. The third-order valence-corrected chi connectivity index (χ3v) is 5.94. The zero-order valence-electron chi connectivity index (χ0n) is 15.2. The van der Waals surface area contributed by atoms with Crippen LogP contribution in [-0.2, 0) is 24.5 Å². The maximum atomic E-state index is 13.4. The number of methoxy groups -OCH3 is 1. The van der Waals surface area contributed by atoms with E-state index in [4.69, 9.17) is 9.47 Å². The third kappa shape index (κ3) is 2.31. The first-order valence-corrected chi connectivity index (χ1v) is 8.64.